The molecule has 5 rings (SSSR count). The van der Waals surface area contributed by atoms with Crippen LogP contribution in [0.2, 0.25) is 0 Å². The lowest BCUT2D eigenvalue weighted by atomic mass is 10.0. The zero-order chi connectivity index (χ0) is 24.4. The predicted molar refractivity (Wildman–Crippen MR) is 142 cm³/mol. The van der Waals surface area contributed by atoms with Crippen molar-refractivity contribution in [2.75, 3.05) is 5.32 Å². The van der Waals surface area contributed by atoms with Gasteiger partial charge in [0.25, 0.3) is 5.91 Å². The third kappa shape index (κ3) is 4.82. The van der Waals surface area contributed by atoms with E-state index in [1.165, 1.54) is 16.9 Å². The zero-order valence-corrected chi connectivity index (χ0v) is 20.6. The summed E-state index contributed by atoms with van der Waals surface area (Å²) in [4.78, 5) is 22.7. The number of pyridine rings is 1. The topological polar surface area (TPSA) is 88.5 Å². The number of allylic oxidation sites excluding steroid dienone is 1. The summed E-state index contributed by atoms with van der Waals surface area (Å²) in [6.45, 7) is 6.37. The first-order valence-corrected chi connectivity index (χ1v) is 12.3. The van der Waals surface area contributed by atoms with E-state index in [0.29, 0.717) is 28.4 Å². The maximum atomic E-state index is 13.4. The molecule has 0 unspecified atom stereocenters. The van der Waals surface area contributed by atoms with Crippen LogP contribution in [0.5, 0.6) is 0 Å². The number of anilines is 1. The number of carbonyl (C=O) groups is 1. The normalized spacial score (nSPS) is 11.0. The third-order valence-corrected chi connectivity index (χ3v) is 6.69. The molecule has 0 saturated heterocycles. The highest BCUT2D eigenvalue weighted by Gasteiger charge is 2.16. The molecular formula is C26H22N6OS2. The van der Waals surface area contributed by atoms with Crippen LogP contribution in [0.4, 0.5) is 5.13 Å². The Kier molecular flexibility index (Phi) is 6.35. The number of nitrogens with zero attached hydrogens (tertiary/aromatic N) is 4. The van der Waals surface area contributed by atoms with Gasteiger partial charge in [-0.1, -0.05) is 54.1 Å². The number of para-hydroxylation sites is 1. The molecule has 0 aliphatic carbocycles. The van der Waals surface area contributed by atoms with Crippen molar-refractivity contribution in [1.29, 1.82) is 0 Å². The fourth-order valence-electron chi connectivity index (χ4n) is 3.81. The Bertz CT molecular complexity index is 1600. The summed E-state index contributed by atoms with van der Waals surface area (Å²) in [6.07, 6.45) is 2.26. The summed E-state index contributed by atoms with van der Waals surface area (Å²) in [6, 6.07) is 17.6. The van der Waals surface area contributed by atoms with Gasteiger partial charge in [0.2, 0.25) is 0 Å². The van der Waals surface area contributed by atoms with E-state index in [0.717, 1.165) is 33.7 Å². The van der Waals surface area contributed by atoms with Crippen molar-refractivity contribution in [3.63, 3.8) is 0 Å². The van der Waals surface area contributed by atoms with Crippen molar-refractivity contribution >= 4 is 45.5 Å². The summed E-state index contributed by atoms with van der Waals surface area (Å²) in [5, 5.41) is 13.3. The van der Waals surface area contributed by atoms with Gasteiger partial charge in [-0.15, -0.1) is 17.9 Å². The molecule has 3 heterocycles. The molecule has 0 spiro atoms. The van der Waals surface area contributed by atoms with E-state index in [1.54, 1.807) is 6.08 Å². The number of thiazole rings is 1. The van der Waals surface area contributed by atoms with Crippen LogP contribution in [0.25, 0.3) is 22.2 Å². The van der Waals surface area contributed by atoms with Crippen LogP contribution in [0.1, 0.15) is 27.4 Å². The van der Waals surface area contributed by atoms with E-state index in [9.17, 15) is 4.79 Å². The molecule has 5 aromatic rings. The molecule has 0 aliphatic rings. The van der Waals surface area contributed by atoms with Crippen LogP contribution in [0.3, 0.4) is 0 Å². The van der Waals surface area contributed by atoms with Crippen LogP contribution in [0.15, 0.2) is 72.6 Å². The number of rotatable bonds is 7. The second kappa shape index (κ2) is 9.73. The predicted octanol–water partition coefficient (Wildman–Crippen LogP) is 5.95. The minimum absolute atomic E-state index is 0.229. The third-order valence-electron chi connectivity index (χ3n) is 5.57. The summed E-state index contributed by atoms with van der Waals surface area (Å²) in [5.41, 5.74) is 4.99. The number of aromatic amines is 1. The quantitative estimate of drug-likeness (QED) is 0.214. The van der Waals surface area contributed by atoms with Gasteiger partial charge in [-0.3, -0.25) is 19.8 Å². The molecule has 0 bridgehead atoms. The number of fused-ring (bicyclic) bond motifs is 1. The Morgan fingerprint density at radius 2 is 2.00 bits per heavy atom. The highest BCUT2D eigenvalue weighted by atomic mass is 32.1. The second-order valence-electron chi connectivity index (χ2n) is 8.06. The first-order valence-electron chi connectivity index (χ1n) is 11.0. The van der Waals surface area contributed by atoms with Crippen LogP contribution < -0.4 is 5.32 Å². The van der Waals surface area contributed by atoms with Gasteiger partial charge in [-0.05, 0) is 31.3 Å². The molecule has 3 aromatic heterocycles. The molecule has 2 N–H and O–H groups in total. The highest BCUT2D eigenvalue weighted by molar-refractivity contribution is 7.71. The van der Waals surface area contributed by atoms with Crippen molar-refractivity contribution in [3.05, 3.63) is 100 Å². The number of aromatic nitrogens is 5. The number of aryl methyl sites for hydroxylation is 1. The minimum Gasteiger partial charge on any atom is -0.300 e. The lowest BCUT2D eigenvalue weighted by Crippen LogP contribution is -2.13. The Morgan fingerprint density at radius 3 is 2.80 bits per heavy atom. The monoisotopic (exact) mass is 498 g/mol. The zero-order valence-electron chi connectivity index (χ0n) is 19.0. The van der Waals surface area contributed by atoms with Crippen LogP contribution in [-0.2, 0) is 13.0 Å². The van der Waals surface area contributed by atoms with Crippen molar-refractivity contribution in [1.82, 2.24) is 24.7 Å². The van der Waals surface area contributed by atoms with Gasteiger partial charge in [0, 0.05) is 22.9 Å². The Morgan fingerprint density at radius 1 is 1.20 bits per heavy atom. The van der Waals surface area contributed by atoms with Crippen molar-refractivity contribution in [3.8, 4) is 11.3 Å². The fraction of sp³-hybridized carbons (Fsp3) is 0.115. The summed E-state index contributed by atoms with van der Waals surface area (Å²) in [7, 11) is 0. The van der Waals surface area contributed by atoms with E-state index >= 15 is 0 Å². The average Bonchev–Trinajstić information content (AvgIpc) is 3.45. The van der Waals surface area contributed by atoms with Crippen molar-refractivity contribution < 1.29 is 4.79 Å². The minimum atomic E-state index is -0.229. The number of hydrogen-bond acceptors (Lipinski definition) is 6. The average molecular weight is 499 g/mol. The molecule has 7 nitrogen and oxygen atoms in total. The molecule has 2 aromatic carbocycles. The Balaban J connectivity index is 1.42. The lowest BCUT2D eigenvalue weighted by Gasteiger charge is -2.10. The van der Waals surface area contributed by atoms with Gasteiger partial charge >= 0.3 is 0 Å². The summed E-state index contributed by atoms with van der Waals surface area (Å²) >= 11 is 6.65. The van der Waals surface area contributed by atoms with E-state index in [1.807, 2.05) is 71.5 Å². The van der Waals surface area contributed by atoms with Gasteiger partial charge in [0.05, 0.1) is 28.9 Å². The molecule has 0 aliphatic heterocycles. The molecule has 1 amide bonds. The number of hydrogen-bond donors (Lipinski definition) is 2. The van der Waals surface area contributed by atoms with Gasteiger partial charge < -0.3 is 0 Å². The van der Waals surface area contributed by atoms with E-state index < -0.39 is 0 Å². The summed E-state index contributed by atoms with van der Waals surface area (Å²) < 4.78 is 2.41. The molecule has 0 atom stereocenters. The highest BCUT2D eigenvalue weighted by Crippen LogP contribution is 2.27. The number of amides is 1. The molecule has 0 saturated carbocycles. The first-order chi connectivity index (χ1) is 17.0. The smallest absolute Gasteiger partial charge is 0.258 e. The maximum Gasteiger partial charge on any atom is 0.258 e. The van der Waals surface area contributed by atoms with E-state index in [2.05, 4.69) is 27.1 Å². The lowest BCUT2D eigenvalue weighted by molar-refractivity contribution is 0.102. The molecule has 0 radical (unpaired) electrons. The van der Waals surface area contributed by atoms with Crippen LogP contribution in [0, 0.1) is 11.7 Å². The SMILES string of the molecule is C=CCn1c(Cc2csc(NC(=O)c3cc(-c4ccc(C)cc4)nc4ccccc34)n2)n[nH]c1=S. The molecule has 35 heavy (non-hydrogen) atoms. The Labute approximate surface area is 211 Å². The molecule has 0 fully saturated rings. The van der Waals surface area contributed by atoms with Crippen molar-refractivity contribution in [2.24, 2.45) is 0 Å². The standard InChI is InChI=1S/C26H22N6OS2/c1-3-12-32-23(30-31-26(32)34)13-18-15-35-25(27-18)29-24(33)20-14-22(17-10-8-16(2)9-11-17)28-21-7-5-4-6-19(20)21/h3-11,14-15H,1,12-13H2,2H3,(H,31,34)(H,27,29,33). The summed E-state index contributed by atoms with van der Waals surface area (Å²) in [5.74, 6) is 0.535. The maximum absolute atomic E-state index is 13.4. The van der Waals surface area contributed by atoms with Crippen molar-refractivity contribution in [2.45, 2.75) is 19.9 Å². The van der Waals surface area contributed by atoms with Gasteiger partial charge in [-0.25, -0.2) is 9.97 Å². The van der Waals surface area contributed by atoms with E-state index in [4.69, 9.17) is 17.2 Å². The number of carbonyl (C=O) groups excluding carboxylic acids is 1. The molecule has 9 heteroatoms. The van der Waals surface area contributed by atoms with Gasteiger partial charge in [0.15, 0.2) is 9.90 Å². The fourth-order valence-corrected chi connectivity index (χ4v) is 4.74. The largest absolute Gasteiger partial charge is 0.300 e. The van der Waals surface area contributed by atoms with Crippen LogP contribution in [-0.4, -0.2) is 30.6 Å². The number of H-pyrrole nitrogens is 1. The van der Waals surface area contributed by atoms with Crippen LogP contribution >= 0.6 is 23.6 Å². The molecule has 174 valence electrons. The van der Waals surface area contributed by atoms with E-state index in [-0.39, 0.29) is 5.91 Å². The van der Waals surface area contributed by atoms with Gasteiger partial charge in [-0.2, -0.15) is 5.10 Å². The molecular weight excluding hydrogens is 476 g/mol. The Hall–Kier alpha value is -3.95. The first kappa shape index (κ1) is 22.8. The number of nitrogens with one attached hydrogen (secondary N) is 2. The van der Waals surface area contributed by atoms with Gasteiger partial charge in [0.1, 0.15) is 5.82 Å². The number of benzene rings is 2. The second-order valence-corrected chi connectivity index (χ2v) is 9.30.